The van der Waals surface area contributed by atoms with Gasteiger partial charge in [0.15, 0.2) is 0 Å². The van der Waals surface area contributed by atoms with E-state index in [2.05, 4.69) is 15.2 Å². The largest absolute Gasteiger partial charge is 0.481 e. The highest BCUT2D eigenvalue weighted by Gasteiger charge is 1.97. The van der Waals surface area contributed by atoms with E-state index in [1.165, 1.54) is 0 Å². The second-order valence-corrected chi connectivity index (χ2v) is 2.18. The van der Waals surface area contributed by atoms with Crippen LogP contribution in [0.3, 0.4) is 0 Å². The number of ether oxygens (including phenoxy) is 1. The first-order valence-electron chi connectivity index (χ1n) is 4.23. The fourth-order valence-electron chi connectivity index (χ4n) is 0.934. The first-order chi connectivity index (χ1) is 6.40. The average Bonchev–Trinajstić information content (AvgIpc) is 2.67. The van der Waals surface area contributed by atoms with Crippen LogP contribution in [0.15, 0.2) is 18.5 Å². The van der Waals surface area contributed by atoms with E-state index in [0.29, 0.717) is 5.88 Å². The van der Waals surface area contributed by atoms with E-state index < -0.39 is 0 Å². The van der Waals surface area contributed by atoms with Gasteiger partial charge in [-0.3, -0.25) is 5.10 Å². The lowest BCUT2D eigenvalue weighted by molar-refractivity contribution is 0.399. The van der Waals surface area contributed by atoms with Gasteiger partial charge in [0.2, 0.25) is 5.88 Å². The van der Waals surface area contributed by atoms with Crippen molar-refractivity contribution in [1.82, 2.24) is 15.2 Å². The number of H-pyrrole nitrogens is 1. The number of pyridine rings is 1. The summed E-state index contributed by atoms with van der Waals surface area (Å²) in [6.45, 7) is 4.00. The first kappa shape index (κ1) is 9.51. The molecule has 1 N–H and O–H groups in total. The van der Waals surface area contributed by atoms with Gasteiger partial charge in [-0.25, -0.2) is 4.98 Å². The molecule has 0 aliphatic heterocycles. The molecule has 4 heteroatoms. The lowest BCUT2D eigenvalue weighted by atomic mass is 10.3. The van der Waals surface area contributed by atoms with Crippen LogP contribution in [0.5, 0.6) is 5.88 Å². The van der Waals surface area contributed by atoms with Gasteiger partial charge in [0.05, 0.1) is 25.0 Å². The number of rotatable bonds is 1. The van der Waals surface area contributed by atoms with E-state index in [1.54, 1.807) is 19.5 Å². The van der Waals surface area contributed by atoms with Crippen molar-refractivity contribution in [3.8, 4) is 5.88 Å². The molecule has 70 valence electrons. The van der Waals surface area contributed by atoms with Crippen LogP contribution in [-0.2, 0) is 0 Å². The Kier molecular flexibility index (Phi) is 3.25. The minimum absolute atomic E-state index is 0.610. The van der Waals surface area contributed by atoms with Gasteiger partial charge in [0, 0.05) is 11.5 Å². The predicted molar refractivity (Wildman–Crippen MR) is 51.8 cm³/mol. The zero-order valence-electron chi connectivity index (χ0n) is 8.03. The van der Waals surface area contributed by atoms with Gasteiger partial charge >= 0.3 is 0 Å². The zero-order valence-corrected chi connectivity index (χ0v) is 8.03. The topological polar surface area (TPSA) is 50.8 Å². The summed E-state index contributed by atoms with van der Waals surface area (Å²) in [5.41, 5.74) is 0.922. The molecule has 2 aromatic heterocycles. The number of nitrogens with zero attached hydrogens (tertiary/aromatic N) is 2. The van der Waals surface area contributed by atoms with Crippen molar-refractivity contribution >= 4 is 10.9 Å². The van der Waals surface area contributed by atoms with Gasteiger partial charge in [-0.15, -0.1) is 0 Å². The van der Waals surface area contributed by atoms with Crippen LogP contribution in [0, 0.1) is 0 Å². The third-order valence-electron chi connectivity index (χ3n) is 1.51. The fraction of sp³-hybridized carbons (Fsp3) is 0.333. The van der Waals surface area contributed by atoms with Crippen LogP contribution in [0.4, 0.5) is 0 Å². The number of nitrogens with one attached hydrogen (secondary N) is 1. The molecule has 13 heavy (non-hydrogen) atoms. The molecule has 0 amide bonds. The Morgan fingerprint density at radius 1 is 1.31 bits per heavy atom. The van der Waals surface area contributed by atoms with Gasteiger partial charge in [0.1, 0.15) is 0 Å². The third-order valence-corrected chi connectivity index (χ3v) is 1.51. The summed E-state index contributed by atoms with van der Waals surface area (Å²) in [4.78, 5) is 4.00. The summed E-state index contributed by atoms with van der Waals surface area (Å²) in [5.74, 6) is 0.610. The Bertz CT molecular complexity index is 370. The highest BCUT2D eigenvalue weighted by Crippen LogP contribution is 2.14. The summed E-state index contributed by atoms with van der Waals surface area (Å²) in [5, 5.41) is 7.67. The Balaban J connectivity index is 0.000000396. The summed E-state index contributed by atoms with van der Waals surface area (Å²) in [6.07, 6.45) is 3.43. The van der Waals surface area contributed by atoms with Crippen molar-refractivity contribution in [2.45, 2.75) is 13.8 Å². The minimum atomic E-state index is 0.610. The maximum atomic E-state index is 4.94. The van der Waals surface area contributed by atoms with Crippen LogP contribution in [0.2, 0.25) is 0 Å². The summed E-state index contributed by atoms with van der Waals surface area (Å²) >= 11 is 0. The summed E-state index contributed by atoms with van der Waals surface area (Å²) in [7, 11) is 1.59. The van der Waals surface area contributed by atoms with Gasteiger partial charge in [-0.05, 0) is 0 Å². The van der Waals surface area contributed by atoms with Crippen molar-refractivity contribution in [1.29, 1.82) is 0 Å². The molecule has 0 saturated carbocycles. The number of aromatic amines is 1. The molecule has 0 fully saturated rings. The molecule has 0 radical (unpaired) electrons. The number of hydrogen-bond acceptors (Lipinski definition) is 3. The van der Waals surface area contributed by atoms with Crippen LogP contribution < -0.4 is 4.74 Å². The first-order valence-corrected chi connectivity index (χ1v) is 4.23. The molecule has 2 rings (SSSR count). The molecule has 0 aliphatic carbocycles. The normalized spacial score (nSPS) is 9.15. The van der Waals surface area contributed by atoms with Gasteiger partial charge in [-0.2, -0.15) is 5.10 Å². The molecule has 0 aromatic carbocycles. The predicted octanol–water partition coefficient (Wildman–Crippen LogP) is 1.99. The van der Waals surface area contributed by atoms with Gasteiger partial charge < -0.3 is 4.74 Å². The SMILES string of the molecule is CC.COc1cc2cn[nH]c2cn1. The van der Waals surface area contributed by atoms with Crippen LogP contribution in [0.25, 0.3) is 10.9 Å². The highest BCUT2D eigenvalue weighted by atomic mass is 16.5. The number of methoxy groups -OCH3 is 1. The third kappa shape index (κ3) is 1.96. The fourth-order valence-corrected chi connectivity index (χ4v) is 0.934. The van der Waals surface area contributed by atoms with Crippen LogP contribution >= 0.6 is 0 Å². The molecular weight excluding hydrogens is 166 g/mol. The van der Waals surface area contributed by atoms with Gasteiger partial charge in [0.25, 0.3) is 0 Å². The van der Waals surface area contributed by atoms with Crippen LogP contribution in [-0.4, -0.2) is 22.3 Å². The molecule has 0 spiro atoms. The van der Waals surface area contributed by atoms with Crippen molar-refractivity contribution in [2.24, 2.45) is 0 Å². The van der Waals surface area contributed by atoms with E-state index in [1.807, 2.05) is 19.9 Å². The van der Waals surface area contributed by atoms with E-state index >= 15 is 0 Å². The molecule has 4 nitrogen and oxygen atoms in total. The van der Waals surface area contributed by atoms with Crippen molar-refractivity contribution in [3.63, 3.8) is 0 Å². The maximum absolute atomic E-state index is 4.94. The van der Waals surface area contributed by atoms with Gasteiger partial charge in [-0.1, -0.05) is 13.8 Å². The molecule has 2 aromatic rings. The quantitative estimate of drug-likeness (QED) is 0.728. The van der Waals surface area contributed by atoms with E-state index in [9.17, 15) is 0 Å². The Hall–Kier alpha value is -1.58. The number of fused-ring (bicyclic) bond motifs is 1. The number of aromatic nitrogens is 3. The molecular formula is C9H13N3O. The average molecular weight is 179 g/mol. The monoisotopic (exact) mass is 179 g/mol. The Labute approximate surface area is 76.9 Å². The Morgan fingerprint density at radius 3 is 2.77 bits per heavy atom. The summed E-state index contributed by atoms with van der Waals surface area (Å²) < 4.78 is 4.94. The molecule has 0 unspecified atom stereocenters. The smallest absolute Gasteiger partial charge is 0.213 e. The zero-order chi connectivity index (χ0) is 9.68. The lowest BCUT2D eigenvalue weighted by Crippen LogP contribution is -1.85. The minimum Gasteiger partial charge on any atom is -0.481 e. The Morgan fingerprint density at radius 2 is 2.08 bits per heavy atom. The molecule has 0 saturated heterocycles. The molecule has 0 atom stereocenters. The molecule has 0 bridgehead atoms. The second-order valence-electron chi connectivity index (χ2n) is 2.18. The van der Waals surface area contributed by atoms with E-state index in [0.717, 1.165) is 10.9 Å². The maximum Gasteiger partial charge on any atom is 0.213 e. The van der Waals surface area contributed by atoms with Crippen molar-refractivity contribution in [3.05, 3.63) is 18.5 Å². The summed E-state index contributed by atoms with van der Waals surface area (Å²) in [6, 6.07) is 1.83. The molecule has 0 aliphatic rings. The highest BCUT2D eigenvalue weighted by molar-refractivity contribution is 5.77. The van der Waals surface area contributed by atoms with Crippen molar-refractivity contribution < 1.29 is 4.74 Å². The lowest BCUT2D eigenvalue weighted by Gasteiger charge is -1.95. The van der Waals surface area contributed by atoms with E-state index in [4.69, 9.17) is 4.74 Å². The number of hydrogen-bond donors (Lipinski definition) is 1. The second kappa shape index (κ2) is 4.45. The molecule has 2 heterocycles. The van der Waals surface area contributed by atoms with Crippen molar-refractivity contribution in [2.75, 3.05) is 7.11 Å². The van der Waals surface area contributed by atoms with Crippen LogP contribution in [0.1, 0.15) is 13.8 Å². The standard InChI is InChI=1S/C7H7N3O.C2H6/c1-11-7-2-5-3-9-10-6(5)4-8-7;1-2/h2-4H,1H3,(H,9,10);1-2H3. The van der Waals surface area contributed by atoms with E-state index in [-0.39, 0.29) is 0 Å².